The summed E-state index contributed by atoms with van der Waals surface area (Å²) in [5.74, 6) is -1.14. The van der Waals surface area contributed by atoms with E-state index in [0.717, 1.165) is 24.3 Å². The molecule has 2 aromatic rings. The first-order valence-corrected chi connectivity index (χ1v) is 8.97. The number of anilines is 1. The zero-order valence-electron chi connectivity index (χ0n) is 12.4. The number of hydrogen-bond donors (Lipinski definition) is 2. The minimum Gasteiger partial charge on any atom is -0.325 e. The highest BCUT2D eigenvalue weighted by Crippen LogP contribution is 2.25. The molecule has 2 rings (SSSR count). The lowest BCUT2D eigenvalue weighted by atomic mass is 10.3. The summed E-state index contributed by atoms with van der Waals surface area (Å²) >= 11 is 11.6. The molecule has 1 amide bonds. The van der Waals surface area contributed by atoms with E-state index in [2.05, 4.69) is 10.0 Å². The fourth-order valence-electron chi connectivity index (χ4n) is 1.79. The molecule has 2 aromatic carbocycles. The molecule has 0 aliphatic rings. The summed E-state index contributed by atoms with van der Waals surface area (Å²) < 4.78 is 39.4. The molecule has 0 aliphatic heterocycles. The van der Waals surface area contributed by atoms with Gasteiger partial charge in [-0.25, -0.2) is 12.8 Å². The zero-order chi connectivity index (χ0) is 17.9. The van der Waals surface area contributed by atoms with Crippen molar-refractivity contribution in [2.24, 2.45) is 0 Å². The van der Waals surface area contributed by atoms with E-state index in [-0.39, 0.29) is 9.92 Å². The molecule has 0 aromatic heterocycles. The predicted octanol–water partition coefficient (Wildman–Crippen LogP) is 3.44. The standard InChI is InChI=1S/C15H13Cl2FN2O3S/c1-9(15(21)19-11-4-7-13(16)14(17)8-11)20-24(22,23)12-5-2-10(18)3-6-12/h2-9,20H,1H3,(H,19,21)/t9-/m0/s1. The Labute approximate surface area is 148 Å². The summed E-state index contributed by atoms with van der Waals surface area (Å²) in [6.45, 7) is 1.38. The van der Waals surface area contributed by atoms with Gasteiger partial charge in [-0.05, 0) is 49.4 Å². The number of rotatable bonds is 5. The van der Waals surface area contributed by atoms with E-state index < -0.39 is 27.8 Å². The van der Waals surface area contributed by atoms with Crippen molar-refractivity contribution in [2.75, 3.05) is 5.32 Å². The fraction of sp³-hybridized carbons (Fsp3) is 0.133. The van der Waals surface area contributed by atoms with E-state index in [1.807, 2.05) is 0 Å². The van der Waals surface area contributed by atoms with Gasteiger partial charge in [0.1, 0.15) is 5.82 Å². The van der Waals surface area contributed by atoms with Crippen molar-refractivity contribution in [3.05, 3.63) is 58.3 Å². The van der Waals surface area contributed by atoms with Gasteiger partial charge in [-0.15, -0.1) is 0 Å². The molecule has 0 saturated carbocycles. The van der Waals surface area contributed by atoms with Crippen LogP contribution in [0.3, 0.4) is 0 Å². The monoisotopic (exact) mass is 390 g/mol. The topological polar surface area (TPSA) is 75.3 Å². The Hall–Kier alpha value is -1.67. The summed E-state index contributed by atoms with van der Waals surface area (Å²) in [5.41, 5.74) is 0.377. The Morgan fingerprint density at radius 2 is 1.71 bits per heavy atom. The minimum absolute atomic E-state index is 0.141. The second-order valence-corrected chi connectivity index (χ2v) is 7.44. The van der Waals surface area contributed by atoms with Crippen molar-refractivity contribution in [3.8, 4) is 0 Å². The lowest BCUT2D eigenvalue weighted by molar-refractivity contribution is -0.117. The van der Waals surface area contributed by atoms with Crippen LogP contribution in [0.15, 0.2) is 47.4 Å². The van der Waals surface area contributed by atoms with E-state index in [4.69, 9.17) is 23.2 Å². The fourth-order valence-corrected chi connectivity index (χ4v) is 3.29. The number of carbonyl (C=O) groups excluding carboxylic acids is 1. The number of amides is 1. The first-order valence-electron chi connectivity index (χ1n) is 6.73. The van der Waals surface area contributed by atoms with Gasteiger partial charge in [-0.1, -0.05) is 23.2 Å². The molecule has 0 unspecified atom stereocenters. The first kappa shape index (κ1) is 18.7. The van der Waals surface area contributed by atoms with Crippen LogP contribution in [-0.2, 0) is 14.8 Å². The smallest absolute Gasteiger partial charge is 0.242 e. The third-order valence-electron chi connectivity index (χ3n) is 3.04. The molecule has 24 heavy (non-hydrogen) atoms. The third kappa shape index (κ3) is 4.67. The molecule has 1 atom stereocenters. The van der Waals surface area contributed by atoms with Gasteiger partial charge in [0.25, 0.3) is 0 Å². The average Bonchev–Trinajstić information content (AvgIpc) is 2.51. The molecule has 0 spiro atoms. The summed E-state index contributed by atoms with van der Waals surface area (Å²) in [6, 6.07) is 7.70. The van der Waals surface area contributed by atoms with Gasteiger partial charge in [0.2, 0.25) is 15.9 Å². The van der Waals surface area contributed by atoms with Crippen LogP contribution in [0.5, 0.6) is 0 Å². The van der Waals surface area contributed by atoms with Gasteiger partial charge < -0.3 is 5.32 Å². The van der Waals surface area contributed by atoms with E-state index >= 15 is 0 Å². The molecule has 0 heterocycles. The van der Waals surface area contributed by atoms with Crippen molar-refractivity contribution < 1.29 is 17.6 Å². The Balaban J connectivity index is 2.07. The summed E-state index contributed by atoms with van der Waals surface area (Å²) in [6.07, 6.45) is 0. The first-order chi connectivity index (χ1) is 11.2. The van der Waals surface area contributed by atoms with Crippen LogP contribution in [0, 0.1) is 5.82 Å². The van der Waals surface area contributed by atoms with Crippen LogP contribution in [0.2, 0.25) is 10.0 Å². The molecular weight excluding hydrogens is 378 g/mol. The zero-order valence-corrected chi connectivity index (χ0v) is 14.7. The highest BCUT2D eigenvalue weighted by molar-refractivity contribution is 7.89. The SMILES string of the molecule is C[C@H](NS(=O)(=O)c1ccc(F)cc1)C(=O)Nc1ccc(Cl)c(Cl)c1. The number of carbonyl (C=O) groups is 1. The van der Waals surface area contributed by atoms with Crippen LogP contribution in [0.25, 0.3) is 0 Å². The molecule has 2 N–H and O–H groups in total. The molecule has 128 valence electrons. The number of halogens is 3. The van der Waals surface area contributed by atoms with Gasteiger partial charge >= 0.3 is 0 Å². The molecule has 9 heteroatoms. The average molecular weight is 391 g/mol. The highest BCUT2D eigenvalue weighted by Gasteiger charge is 2.22. The maximum atomic E-state index is 12.9. The summed E-state index contributed by atoms with van der Waals surface area (Å²) in [5, 5.41) is 3.12. The molecule has 5 nitrogen and oxygen atoms in total. The lowest BCUT2D eigenvalue weighted by Gasteiger charge is -2.15. The Morgan fingerprint density at radius 3 is 2.29 bits per heavy atom. The predicted molar refractivity (Wildman–Crippen MR) is 91.3 cm³/mol. The summed E-state index contributed by atoms with van der Waals surface area (Å²) in [7, 11) is -3.95. The normalized spacial score (nSPS) is 12.7. The van der Waals surface area contributed by atoms with Crippen molar-refractivity contribution in [3.63, 3.8) is 0 Å². The van der Waals surface area contributed by atoms with E-state index in [9.17, 15) is 17.6 Å². The van der Waals surface area contributed by atoms with Crippen molar-refractivity contribution in [1.29, 1.82) is 0 Å². The van der Waals surface area contributed by atoms with Crippen LogP contribution < -0.4 is 10.0 Å². The van der Waals surface area contributed by atoms with Crippen LogP contribution in [-0.4, -0.2) is 20.4 Å². The van der Waals surface area contributed by atoms with Gasteiger partial charge in [0.05, 0.1) is 21.0 Å². The minimum atomic E-state index is -3.95. The largest absolute Gasteiger partial charge is 0.325 e. The molecule has 0 bridgehead atoms. The molecular formula is C15H13Cl2FN2O3S. The Kier molecular flexibility index (Phi) is 5.82. The number of benzene rings is 2. The van der Waals surface area contributed by atoms with Gasteiger partial charge in [0, 0.05) is 5.69 Å². The lowest BCUT2D eigenvalue weighted by Crippen LogP contribution is -2.41. The van der Waals surface area contributed by atoms with Crippen LogP contribution in [0.4, 0.5) is 10.1 Å². The maximum absolute atomic E-state index is 12.9. The van der Waals surface area contributed by atoms with E-state index in [1.165, 1.54) is 25.1 Å². The molecule has 0 saturated heterocycles. The third-order valence-corrected chi connectivity index (χ3v) is 5.33. The molecule has 0 aliphatic carbocycles. The van der Waals surface area contributed by atoms with Gasteiger partial charge in [0.15, 0.2) is 0 Å². The Morgan fingerprint density at radius 1 is 1.08 bits per heavy atom. The number of hydrogen-bond acceptors (Lipinski definition) is 3. The van der Waals surface area contributed by atoms with Gasteiger partial charge in [-0.3, -0.25) is 4.79 Å². The second-order valence-electron chi connectivity index (χ2n) is 4.92. The highest BCUT2D eigenvalue weighted by atomic mass is 35.5. The Bertz CT molecular complexity index is 858. The van der Waals surface area contributed by atoms with Crippen molar-refractivity contribution in [1.82, 2.24) is 4.72 Å². The maximum Gasteiger partial charge on any atom is 0.242 e. The number of sulfonamides is 1. The van der Waals surface area contributed by atoms with Crippen LogP contribution in [0.1, 0.15) is 6.92 Å². The summed E-state index contributed by atoms with van der Waals surface area (Å²) in [4.78, 5) is 12.0. The van der Waals surface area contributed by atoms with Crippen molar-refractivity contribution in [2.45, 2.75) is 17.9 Å². The van der Waals surface area contributed by atoms with E-state index in [0.29, 0.717) is 10.7 Å². The number of nitrogens with one attached hydrogen (secondary N) is 2. The molecule has 0 fully saturated rings. The molecule has 0 radical (unpaired) electrons. The quantitative estimate of drug-likeness (QED) is 0.820. The second kappa shape index (κ2) is 7.48. The van der Waals surface area contributed by atoms with Crippen LogP contribution >= 0.6 is 23.2 Å². The van der Waals surface area contributed by atoms with Crippen molar-refractivity contribution >= 4 is 44.8 Å². The van der Waals surface area contributed by atoms with E-state index in [1.54, 1.807) is 0 Å². The van der Waals surface area contributed by atoms with Gasteiger partial charge in [-0.2, -0.15) is 4.72 Å².